The zero-order valence-corrected chi connectivity index (χ0v) is 10.2. The summed E-state index contributed by atoms with van der Waals surface area (Å²) in [5, 5.41) is 14.6. The molecule has 0 aliphatic heterocycles. The van der Waals surface area contributed by atoms with E-state index in [0.717, 1.165) is 17.1 Å². The number of carbonyl (C=O) groups is 1. The Morgan fingerprint density at radius 3 is 2.61 bits per heavy atom. The molecule has 0 saturated heterocycles. The lowest BCUT2D eigenvalue weighted by atomic mass is 10.2. The van der Waals surface area contributed by atoms with Crippen LogP contribution in [0.3, 0.4) is 0 Å². The predicted octanol–water partition coefficient (Wildman–Crippen LogP) is 2.79. The SMILES string of the molecule is O=C(c1ccc(Cl)c(Cl)c1)n1cc([N+](=O)[O-])cn1. The molecule has 2 rings (SSSR count). The number of halogens is 2. The molecule has 0 amide bonds. The summed E-state index contributed by atoms with van der Waals surface area (Å²) in [6.45, 7) is 0. The minimum Gasteiger partial charge on any atom is -0.267 e. The smallest absolute Gasteiger partial charge is 0.267 e. The van der Waals surface area contributed by atoms with Gasteiger partial charge in [-0.15, -0.1) is 0 Å². The molecule has 2 aromatic rings. The summed E-state index contributed by atoms with van der Waals surface area (Å²) in [4.78, 5) is 21.8. The van der Waals surface area contributed by atoms with Crippen LogP contribution in [0.2, 0.25) is 10.0 Å². The number of nitro groups is 1. The second-order valence-electron chi connectivity index (χ2n) is 3.33. The van der Waals surface area contributed by atoms with E-state index in [9.17, 15) is 14.9 Å². The molecule has 0 bridgehead atoms. The Balaban J connectivity index is 2.35. The van der Waals surface area contributed by atoms with Gasteiger partial charge in [0.15, 0.2) is 0 Å². The van der Waals surface area contributed by atoms with Crippen molar-refractivity contribution in [3.05, 3.63) is 56.3 Å². The van der Waals surface area contributed by atoms with Gasteiger partial charge in [-0.25, -0.2) is 0 Å². The fourth-order valence-corrected chi connectivity index (χ4v) is 1.58. The number of aromatic nitrogens is 2. The summed E-state index contributed by atoms with van der Waals surface area (Å²) in [5.41, 5.74) is -0.0224. The topological polar surface area (TPSA) is 78.0 Å². The Morgan fingerprint density at radius 2 is 2.06 bits per heavy atom. The average molecular weight is 286 g/mol. The van der Waals surface area contributed by atoms with Crippen molar-refractivity contribution in [2.75, 3.05) is 0 Å². The first-order valence-electron chi connectivity index (χ1n) is 4.68. The lowest BCUT2D eigenvalue weighted by molar-refractivity contribution is -0.384. The van der Waals surface area contributed by atoms with Gasteiger partial charge in [-0.3, -0.25) is 14.9 Å². The largest absolute Gasteiger partial charge is 0.307 e. The molecule has 1 heterocycles. The summed E-state index contributed by atoms with van der Waals surface area (Å²) < 4.78 is 0.873. The van der Waals surface area contributed by atoms with Crippen LogP contribution in [0.1, 0.15) is 10.4 Å². The normalized spacial score (nSPS) is 10.3. The molecule has 0 unspecified atom stereocenters. The van der Waals surface area contributed by atoms with Crippen molar-refractivity contribution in [1.29, 1.82) is 0 Å². The van der Waals surface area contributed by atoms with Crippen LogP contribution in [0.25, 0.3) is 0 Å². The summed E-state index contributed by atoms with van der Waals surface area (Å²) in [7, 11) is 0. The van der Waals surface area contributed by atoms with Crippen molar-refractivity contribution < 1.29 is 9.72 Å². The highest BCUT2D eigenvalue weighted by atomic mass is 35.5. The van der Waals surface area contributed by atoms with Crippen molar-refractivity contribution in [2.45, 2.75) is 0 Å². The van der Waals surface area contributed by atoms with Gasteiger partial charge in [-0.1, -0.05) is 23.2 Å². The molecule has 1 aromatic carbocycles. The summed E-state index contributed by atoms with van der Waals surface area (Å²) in [6, 6.07) is 4.30. The van der Waals surface area contributed by atoms with Crippen LogP contribution in [-0.4, -0.2) is 20.6 Å². The van der Waals surface area contributed by atoms with Gasteiger partial charge in [-0.05, 0) is 18.2 Å². The van der Waals surface area contributed by atoms with Crippen LogP contribution in [0.15, 0.2) is 30.6 Å². The Hall–Kier alpha value is -1.92. The van der Waals surface area contributed by atoms with Gasteiger partial charge in [0.05, 0.1) is 15.0 Å². The van der Waals surface area contributed by atoms with E-state index in [1.54, 1.807) is 0 Å². The van der Waals surface area contributed by atoms with E-state index in [4.69, 9.17) is 23.2 Å². The lowest BCUT2D eigenvalue weighted by Crippen LogP contribution is -2.12. The van der Waals surface area contributed by atoms with Crippen LogP contribution in [0, 0.1) is 10.1 Å². The molecule has 0 aliphatic rings. The zero-order valence-electron chi connectivity index (χ0n) is 8.71. The van der Waals surface area contributed by atoms with Crippen LogP contribution >= 0.6 is 23.2 Å². The Labute approximate surface area is 111 Å². The molecule has 0 spiro atoms. The molecule has 8 heteroatoms. The maximum absolute atomic E-state index is 11.9. The first kappa shape index (κ1) is 12.5. The third kappa shape index (κ3) is 2.34. The van der Waals surface area contributed by atoms with Gasteiger partial charge in [0, 0.05) is 5.56 Å². The summed E-state index contributed by atoms with van der Waals surface area (Å²) in [6.07, 6.45) is 2.03. The number of carbonyl (C=O) groups excluding carboxylic acids is 1. The Morgan fingerprint density at radius 1 is 1.33 bits per heavy atom. The minimum absolute atomic E-state index is 0.226. The fourth-order valence-electron chi connectivity index (χ4n) is 1.28. The number of nitrogens with zero attached hydrogens (tertiary/aromatic N) is 3. The Kier molecular flexibility index (Phi) is 3.31. The van der Waals surface area contributed by atoms with E-state index in [2.05, 4.69) is 5.10 Å². The van der Waals surface area contributed by atoms with Gasteiger partial charge in [0.1, 0.15) is 12.4 Å². The van der Waals surface area contributed by atoms with Crippen LogP contribution in [0.5, 0.6) is 0 Å². The standard InChI is InChI=1S/C10H5Cl2N3O3/c11-8-2-1-6(3-9(8)12)10(16)14-5-7(4-13-14)15(17)18/h1-5H. The first-order chi connectivity index (χ1) is 8.49. The molecule has 0 atom stereocenters. The maximum Gasteiger partial charge on any atom is 0.307 e. The quantitative estimate of drug-likeness (QED) is 0.628. The molecule has 0 fully saturated rings. The maximum atomic E-state index is 11.9. The van der Waals surface area contributed by atoms with E-state index in [1.807, 2.05) is 0 Å². The summed E-state index contributed by atoms with van der Waals surface area (Å²) in [5.74, 6) is -0.526. The van der Waals surface area contributed by atoms with Gasteiger partial charge in [0.25, 0.3) is 5.91 Å². The van der Waals surface area contributed by atoms with E-state index in [1.165, 1.54) is 18.2 Å². The summed E-state index contributed by atoms with van der Waals surface area (Å²) >= 11 is 11.5. The molecule has 0 aliphatic carbocycles. The molecule has 1 aromatic heterocycles. The van der Waals surface area contributed by atoms with Gasteiger partial charge < -0.3 is 0 Å². The van der Waals surface area contributed by atoms with Crippen molar-refractivity contribution in [1.82, 2.24) is 9.78 Å². The monoisotopic (exact) mass is 285 g/mol. The average Bonchev–Trinajstić information content (AvgIpc) is 2.81. The molecule has 92 valence electrons. The molecule has 0 saturated carbocycles. The molecule has 18 heavy (non-hydrogen) atoms. The van der Waals surface area contributed by atoms with Gasteiger partial charge >= 0.3 is 5.69 Å². The second-order valence-corrected chi connectivity index (χ2v) is 4.15. The number of rotatable bonds is 2. The number of hydrogen-bond acceptors (Lipinski definition) is 4. The second kappa shape index (κ2) is 4.75. The third-order valence-electron chi connectivity index (χ3n) is 2.15. The van der Waals surface area contributed by atoms with Crippen molar-refractivity contribution >= 4 is 34.8 Å². The van der Waals surface area contributed by atoms with E-state index in [0.29, 0.717) is 5.02 Å². The van der Waals surface area contributed by atoms with Crippen molar-refractivity contribution in [3.8, 4) is 0 Å². The fraction of sp³-hybridized carbons (Fsp3) is 0. The highest BCUT2D eigenvalue weighted by Gasteiger charge is 2.15. The third-order valence-corrected chi connectivity index (χ3v) is 2.89. The molecule has 0 N–H and O–H groups in total. The van der Waals surface area contributed by atoms with E-state index < -0.39 is 10.8 Å². The van der Waals surface area contributed by atoms with Gasteiger partial charge in [0.2, 0.25) is 0 Å². The lowest BCUT2D eigenvalue weighted by Gasteiger charge is -2.01. The Bertz CT molecular complexity index is 639. The van der Waals surface area contributed by atoms with E-state index >= 15 is 0 Å². The molecular formula is C10H5Cl2N3O3. The zero-order chi connectivity index (χ0) is 13.3. The molecule has 0 radical (unpaired) electrons. The van der Waals surface area contributed by atoms with Crippen LogP contribution in [-0.2, 0) is 0 Å². The van der Waals surface area contributed by atoms with Crippen molar-refractivity contribution in [3.63, 3.8) is 0 Å². The predicted molar refractivity (Wildman–Crippen MR) is 65.1 cm³/mol. The van der Waals surface area contributed by atoms with Crippen LogP contribution in [0.4, 0.5) is 5.69 Å². The van der Waals surface area contributed by atoms with Crippen LogP contribution < -0.4 is 0 Å². The number of hydrogen-bond donors (Lipinski definition) is 0. The molecule has 6 nitrogen and oxygen atoms in total. The van der Waals surface area contributed by atoms with E-state index in [-0.39, 0.29) is 16.3 Å². The minimum atomic E-state index is -0.633. The molecular weight excluding hydrogens is 281 g/mol. The first-order valence-corrected chi connectivity index (χ1v) is 5.43. The highest BCUT2D eigenvalue weighted by molar-refractivity contribution is 6.42. The van der Waals surface area contributed by atoms with Crippen molar-refractivity contribution in [2.24, 2.45) is 0 Å². The highest BCUT2D eigenvalue weighted by Crippen LogP contribution is 2.23. The number of benzene rings is 1. The van der Waals surface area contributed by atoms with Gasteiger partial charge in [-0.2, -0.15) is 9.78 Å².